The SMILES string of the molecule is COC(=O)O[C@H](C)N1CC[C@@H](C[C@H](NC(=O)[C@H](CC(C)C)NC(=O)c2cc3c(OC)cccc3[nH]2)C(=O)COCOC(=O)O)C1=O. The lowest BCUT2D eigenvalue weighted by Gasteiger charge is -2.26. The molecule has 0 aliphatic carbocycles. The lowest BCUT2D eigenvalue weighted by atomic mass is 9.95. The number of carbonyl (C=O) groups is 6. The Kier molecular flexibility index (Phi) is 12.7. The summed E-state index contributed by atoms with van der Waals surface area (Å²) in [5, 5.41) is 14.7. The number of carboxylic acid groups (broad SMARTS) is 1. The maximum Gasteiger partial charge on any atom is 0.509 e. The van der Waals surface area contributed by atoms with E-state index >= 15 is 0 Å². The Morgan fingerprint density at radius 1 is 1.09 bits per heavy atom. The van der Waals surface area contributed by atoms with Crippen LogP contribution in [0.5, 0.6) is 5.75 Å². The summed E-state index contributed by atoms with van der Waals surface area (Å²) in [5.41, 5.74) is 0.855. The van der Waals surface area contributed by atoms with Gasteiger partial charge in [-0.3, -0.25) is 19.2 Å². The predicted molar refractivity (Wildman–Crippen MR) is 160 cm³/mol. The van der Waals surface area contributed by atoms with Gasteiger partial charge in [0.25, 0.3) is 5.91 Å². The third kappa shape index (κ3) is 9.57. The van der Waals surface area contributed by atoms with Gasteiger partial charge in [0.05, 0.1) is 20.3 Å². The van der Waals surface area contributed by atoms with Crippen LogP contribution in [0.3, 0.4) is 0 Å². The number of H-pyrrole nitrogens is 1. The van der Waals surface area contributed by atoms with Gasteiger partial charge < -0.3 is 49.3 Å². The zero-order chi connectivity index (χ0) is 34.0. The molecule has 0 bridgehead atoms. The molecule has 1 fully saturated rings. The molecule has 1 aromatic heterocycles. The van der Waals surface area contributed by atoms with Crippen LogP contribution in [-0.4, -0.2) is 103 Å². The topological polar surface area (TPSA) is 212 Å². The van der Waals surface area contributed by atoms with Gasteiger partial charge in [-0.1, -0.05) is 19.9 Å². The van der Waals surface area contributed by atoms with Crippen molar-refractivity contribution < 1.29 is 57.6 Å². The molecule has 1 aliphatic rings. The fourth-order valence-corrected chi connectivity index (χ4v) is 5.12. The molecule has 2 aromatic rings. The van der Waals surface area contributed by atoms with Crippen LogP contribution in [0.2, 0.25) is 0 Å². The number of methoxy groups -OCH3 is 2. The number of nitrogens with one attached hydrogen (secondary N) is 3. The minimum absolute atomic E-state index is 0.0363. The number of hydrogen-bond acceptors (Lipinski definition) is 11. The molecule has 2 heterocycles. The first-order chi connectivity index (χ1) is 21.8. The average molecular weight is 649 g/mol. The van der Waals surface area contributed by atoms with E-state index in [-0.39, 0.29) is 31.0 Å². The summed E-state index contributed by atoms with van der Waals surface area (Å²) < 4.78 is 24.2. The number of Topliss-reactive ketones (excluding diaryl/α,β-unsaturated/α-hetero) is 1. The molecular weight excluding hydrogens is 608 g/mol. The monoisotopic (exact) mass is 648 g/mol. The fourth-order valence-electron chi connectivity index (χ4n) is 5.12. The van der Waals surface area contributed by atoms with Crippen molar-refractivity contribution in [1.82, 2.24) is 20.5 Å². The molecule has 1 aromatic carbocycles. The van der Waals surface area contributed by atoms with Crippen LogP contribution >= 0.6 is 0 Å². The molecule has 16 heteroatoms. The number of aromatic nitrogens is 1. The highest BCUT2D eigenvalue weighted by molar-refractivity contribution is 6.02. The van der Waals surface area contributed by atoms with Gasteiger partial charge >= 0.3 is 12.3 Å². The molecule has 3 amide bonds. The van der Waals surface area contributed by atoms with E-state index in [1.807, 2.05) is 13.8 Å². The maximum atomic E-state index is 13.6. The lowest BCUT2D eigenvalue weighted by Crippen LogP contribution is -2.53. The number of nitrogens with zero attached hydrogens (tertiary/aromatic N) is 1. The van der Waals surface area contributed by atoms with Crippen molar-refractivity contribution in [3.8, 4) is 5.75 Å². The van der Waals surface area contributed by atoms with E-state index in [0.717, 1.165) is 7.11 Å². The van der Waals surface area contributed by atoms with Crippen LogP contribution in [0.4, 0.5) is 9.59 Å². The van der Waals surface area contributed by atoms with Crippen LogP contribution in [-0.2, 0) is 33.3 Å². The molecule has 0 spiro atoms. The number of aromatic amines is 1. The van der Waals surface area contributed by atoms with Crippen LogP contribution in [0.1, 0.15) is 50.5 Å². The van der Waals surface area contributed by atoms with Crippen molar-refractivity contribution in [2.75, 3.05) is 34.2 Å². The summed E-state index contributed by atoms with van der Waals surface area (Å²) in [6.07, 6.45) is -3.10. The number of carbonyl (C=O) groups excluding carboxylic acids is 5. The predicted octanol–water partition coefficient (Wildman–Crippen LogP) is 2.41. The van der Waals surface area contributed by atoms with E-state index in [4.69, 9.17) is 19.3 Å². The smallest absolute Gasteiger partial charge is 0.496 e. The second-order valence-corrected chi connectivity index (χ2v) is 11.1. The molecule has 252 valence electrons. The van der Waals surface area contributed by atoms with Gasteiger partial charge in [0.15, 0.2) is 18.8 Å². The van der Waals surface area contributed by atoms with E-state index in [2.05, 4.69) is 25.1 Å². The number of hydrogen-bond donors (Lipinski definition) is 4. The third-order valence-electron chi connectivity index (χ3n) is 7.38. The van der Waals surface area contributed by atoms with Gasteiger partial charge in [-0.05, 0) is 50.3 Å². The molecule has 16 nitrogen and oxygen atoms in total. The number of benzene rings is 1. The Morgan fingerprint density at radius 3 is 2.48 bits per heavy atom. The number of fused-ring (bicyclic) bond motifs is 1. The van der Waals surface area contributed by atoms with Gasteiger partial charge in [-0.25, -0.2) is 9.59 Å². The summed E-state index contributed by atoms with van der Waals surface area (Å²) in [6.45, 7) is 4.11. The minimum Gasteiger partial charge on any atom is -0.496 e. The molecule has 46 heavy (non-hydrogen) atoms. The maximum absolute atomic E-state index is 13.6. The third-order valence-corrected chi connectivity index (χ3v) is 7.38. The molecule has 0 unspecified atom stereocenters. The first kappa shape index (κ1) is 35.6. The lowest BCUT2D eigenvalue weighted by molar-refractivity contribution is -0.141. The molecule has 4 N–H and O–H groups in total. The molecule has 0 saturated carbocycles. The second-order valence-electron chi connectivity index (χ2n) is 11.1. The van der Waals surface area contributed by atoms with E-state index in [1.54, 1.807) is 24.3 Å². The highest BCUT2D eigenvalue weighted by Crippen LogP contribution is 2.27. The molecule has 1 aliphatic heterocycles. The average Bonchev–Trinajstić information content (AvgIpc) is 3.61. The van der Waals surface area contributed by atoms with E-state index in [1.165, 1.54) is 18.9 Å². The normalized spacial score (nSPS) is 16.4. The Morgan fingerprint density at radius 2 is 1.83 bits per heavy atom. The van der Waals surface area contributed by atoms with Crippen molar-refractivity contribution in [3.63, 3.8) is 0 Å². The quantitative estimate of drug-likeness (QED) is 0.117. The summed E-state index contributed by atoms with van der Waals surface area (Å²) in [5.74, 6) is -2.48. The van der Waals surface area contributed by atoms with Crippen molar-refractivity contribution in [2.45, 2.75) is 58.3 Å². The van der Waals surface area contributed by atoms with Crippen LogP contribution < -0.4 is 15.4 Å². The van der Waals surface area contributed by atoms with Gasteiger partial charge in [-0.15, -0.1) is 0 Å². The Labute approximate surface area is 265 Å². The van der Waals surface area contributed by atoms with Gasteiger partial charge in [0.2, 0.25) is 11.8 Å². The van der Waals surface area contributed by atoms with Crippen LogP contribution in [0.25, 0.3) is 10.9 Å². The van der Waals surface area contributed by atoms with Gasteiger partial charge in [0, 0.05) is 23.4 Å². The summed E-state index contributed by atoms with van der Waals surface area (Å²) in [4.78, 5) is 79.8. The van der Waals surface area contributed by atoms with Crippen molar-refractivity contribution in [3.05, 3.63) is 30.0 Å². The zero-order valence-electron chi connectivity index (χ0n) is 26.3. The summed E-state index contributed by atoms with van der Waals surface area (Å²) in [6, 6.07) is 4.61. The second kappa shape index (κ2) is 16.5. The van der Waals surface area contributed by atoms with Gasteiger partial charge in [0.1, 0.15) is 24.1 Å². The van der Waals surface area contributed by atoms with Crippen molar-refractivity contribution in [1.29, 1.82) is 0 Å². The Bertz CT molecular complexity index is 1420. The van der Waals surface area contributed by atoms with Crippen molar-refractivity contribution >= 4 is 46.7 Å². The molecule has 3 rings (SSSR count). The number of likely N-dealkylation sites (tertiary alicyclic amines) is 1. The van der Waals surface area contributed by atoms with Crippen LogP contribution in [0, 0.1) is 11.8 Å². The summed E-state index contributed by atoms with van der Waals surface area (Å²) >= 11 is 0. The first-order valence-electron chi connectivity index (χ1n) is 14.6. The number of ether oxygens (including phenoxy) is 5. The first-order valence-corrected chi connectivity index (χ1v) is 14.6. The minimum atomic E-state index is -1.60. The molecule has 4 atom stereocenters. The standard InChI is InChI=1S/C30H40N4O12/c1-16(2)11-22(33-27(37)23-13-19-20(31-23)7-6-8-25(19)42-4)26(36)32-21(24(35)14-44-15-45-29(39)40)12-18-9-10-34(28(18)38)17(3)46-30(41)43-5/h6-8,13,16-18,21-22,31H,9-12,14-15H2,1-5H3,(H,32,36)(H,33,37)(H,39,40)/t17-,18+,21+,22+/m1/s1. The Hall–Kier alpha value is -4.86. The number of ketones is 1. The number of rotatable bonds is 16. The molecule has 1 saturated heterocycles. The highest BCUT2D eigenvalue weighted by atomic mass is 16.7. The van der Waals surface area contributed by atoms with Gasteiger partial charge in [-0.2, -0.15) is 0 Å². The van der Waals surface area contributed by atoms with E-state index < -0.39 is 73.4 Å². The molecule has 0 radical (unpaired) electrons. The van der Waals surface area contributed by atoms with E-state index in [9.17, 15) is 28.8 Å². The van der Waals surface area contributed by atoms with Crippen molar-refractivity contribution in [2.24, 2.45) is 11.8 Å². The van der Waals surface area contributed by atoms with Crippen LogP contribution in [0.15, 0.2) is 24.3 Å². The zero-order valence-corrected chi connectivity index (χ0v) is 26.3. The summed E-state index contributed by atoms with van der Waals surface area (Å²) in [7, 11) is 2.65. The van der Waals surface area contributed by atoms with E-state index in [0.29, 0.717) is 23.1 Å². The Balaban J connectivity index is 1.77. The molecular formula is C30H40N4O12. The largest absolute Gasteiger partial charge is 0.509 e. The highest BCUT2D eigenvalue weighted by Gasteiger charge is 2.39. The fraction of sp³-hybridized carbons (Fsp3) is 0.533. The number of amides is 3.